The van der Waals surface area contributed by atoms with Gasteiger partial charge in [0.05, 0.1) is 13.2 Å². The molecule has 0 aliphatic carbocycles. The van der Waals surface area contributed by atoms with E-state index in [9.17, 15) is 9.36 Å². The molecule has 0 bridgehead atoms. The van der Waals surface area contributed by atoms with Gasteiger partial charge in [-0.05, 0) is 0 Å². The van der Waals surface area contributed by atoms with E-state index < -0.39 is 13.0 Å². The Morgan fingerprint density at radius 2 is 2.06 bits per heavy atom. The van der Waals surface area contributed by atoms with Crippen molar-refractivity contribution in [2.75, 3.05) is 33.5 Å². The number of rotatable bonds is 7. The maximum Gasteiger partial charge on any atom is 0.325 e. The third kappa shape index (κ3) is 7.82. The summed E-state index contributed by atoms with van der Waals surface area (Å²) in [5, 5.41) is 2.64. The second-order valence-electron chi connectivity index (χ2n) is 4.23. The van der Waals surface area contributed by atoms with E-state index in [1.54, 1.807) is 0 Å². The second kappa shape index (κ2) is 6.35. The zero-order chi connectivity index (χ0) is 12.8. The highest BCUT2D eigenvalue weighted by atomic mass is 31.2. The van der Waals surface area contributed by atoms with Gasteiger partial charge in [-0.2, -0.15) is 0 Å². The van der Waals surface area contributed by atoms with Crippen LogP contribution in [0.1, 0.15) is 13.8 Å². The fourth-order valence-electron chi connectivity index (χ4n) is 1.11. The fraction of sp³-hybridized carbons (Fsp3) is 0.889. The first-order chi connectivity index (χ1) is 7.18. The average Bonchev–Trinajstić information content (AvgIpc) is 2.12. The lowest BCUT2D eigenvalue weighted by atomic mass is 9.93. The molecule has 0 saturated carbocycles. The summed E-state index contributed by atoms with van der Waals surface area (Å²) in [6.45, 7) is 5.04. The highest BCUT2D eigenvalue weighted by Gasteiger charge is 2.28. The van der Waals surface area contributed by atoms with E-state index in [1.807, 2.05) is 6.92 Å². The normalized spacial score (nSPS) is 18.6. The van der Waals surface area contributed by atoms with Gasteiger partial charge in [-0.1, -0.05) is 6.92 Å². The minimum atomic E-state index is -3.50. The minimum Gasteiger partial charge on any atom is -0.384 e. The highest BCUT2D eigenvalue weighted by molar-refractivity contribution is 7.51. The molecule has 6 nitrogen and oxygen atoms in total. The van der Waals surface area contributed by atoms with Crippen LogP contribution in [-0.4, -0.2) is 44.3 Å². The summed E-state index contributed by atoms with van der Waals surface area (Å²) >= 11 is 0. The first-order valence-electron chi connectivity index (χ1n) is 4.87. The average molecular weight is 253 g/mol. The maximum absolute atomic E-state index is 11.0. The number of ether oxygens (including phenoxy) is 1. The predicted molar refractivity (Wildman–Crippen MR) is 60.4 cm³/mol. The van der Waals surface area contributed by atoms with Gasteiger partial charge in [-0.25, -0.2) is 0 Å². The van der Waals surface area contributed by atoms with E-state index in [0.717, 1.165) is 6.66 Å². The number of hydrogen-bond donors (Lipinski definition) is 2. The molecule has 0 aliphatic rings. The summed E-state index contributed by atoms with van der Waals surface area (Å²) in [4.78, 5) is 19.8. The summed E-state index contributed by atoms with van der Waals surface area (Å²) in [6, 6.07) is 0. The van der Waals surface area contributed by atoms with Crippen molar-refractivity contribution in [3.63, 3.8) is 0 Å². The van der Waals surface area contributed by atoms with Crippen molar-refractivity contribution in [1.29, 1.82) is 0 Å². The van der Waals surface area contributed by atoms with Crippen molar-refractivity contribution in [1.82, 2.24) is 5.32 Å². The molecule has 0 aromatic heterocycles. The number of hydrogen-bond acceptors (Lipinski definition) is 4. The third-order valence-electron chi connectivity index (χ3n) is 1.91. The number of methoxy groups -OCH3 is 1. The van der Waals surface area contributed by atoms with E-state index in [1.165, 1.54) is 14.0 Å². The van der Waals surface area contributed by atoms with Gasteiger partial charge in [0.25, 0.3) is 0 Å². The van der Waals surface area contributed by atoms with E-state index >= 15 is 0 Å². The van der Waals surface area contributed by atoms with Crippen LogP contribution in [0.5, 0.6) is 0 Å². The van der Waals surface area contributed by atoms with Crippen molar-refractivity contribution >= 4 is 13.5 Å². The molecule has 1 unspecified atom stereocenters. The molecule has 16 heavy (non-hydrogen) atoms. The first kappa shape index (κ1) is 15.6. The molecule has 2 atom stereocenters. The summed E-state index contributed by atoms with van der Waals surface area (Å²) in [6.07, 6.45) is 0. The third-order valence-corrected chi connectivity index (χ3v) is 2.52. The summed E-state index contributed by atoms with van der Waals surface area (Å²) in [5.74, 6) is -0.161. The van der Waals surface area contributed by atoms with E-state index in [0.29, 0.717) is 13.2 Å². The van der Waals surface area contributed by atoms with Crippen LogP contribution in [0.15, 0.2) is 0 Å². The monoisotopic (exact) mass is 253 g/mol. The molecule has 0 aromatic carbocycles. The first-order valence-corrected chi connectivity index (χ1v) is 6.89. The van der Waals surface area contributed by atoms with Crippen LogP contribution in [-0.2, 0) is 18.6 Å². The Morgan fingerprint density at radius 1 is 1.50 bits per heavy atom. The zero-order valence-corrected chi connectivity index (χ0v) is 11.0. The molecule has 96 valence electrons. The summed E-state index contributed by atoms with van der Waals surface area (Å²) in [7, 11) is -1.98. The van der Waals surface area contributed by atoms with Crippen molar-refractivity contribution in [3.8, 4) is 0 Å². The number of nitrogens with one attached hydrogen (secondary N) is 1. The van der Waals surface area contributed by atoms with Gasteiger partial charge in [0.2, 0.25) is 5.91 Å². The van der Waals surface area contributed by atoms with Gasteiger partial charge in [-0.15, -0.1) is 0 Å². The van der Waals surface area contributed by atoms with Crippen LogP contribution in [0.2, 0.25) is 0 Å². The number of carbonyl (C=O) groups is 1. The van der Waals surface area contributed by atoms with E-state index in [4.69, 9.17) is 14.2 Å². The molecule has 0 saturated heterocycles. The van der Waals surface area contributed by atoms with Crippen LogP contribution >= 0.6 is 7.60 Å². The highest BCUT2D eigenvalue weighted by Crippen LogP contribution is 2.38. The van der Waals surface area contributed by atoms with Crippen LogP contribution in [0.4, 0.5) is 0 Å². The van der Waals surface area contributed by atoms with Crippen molar-refractivity contribution in [3.05, 3.63) is 0 Å². The molecular formula is C9H20NO5P. The van der Waals surface area contributed by atoms with E-state index in [-0.39, 0.29) is 12.5 Å². The van der Waals surface area contributed by atoms with Gasteiger partial charge in [0, 0.05) is 32.7 Å². The Balaban J connectivity index is 4.32. The van der Waals surface area contributed by atoms with Crippen LogP contribution in [0.3, 0.4) is 0 Å². The van der Waals surface area contributed by atoms with Crippen molar-refractivity contribution < 1.29 is 23.5 Å². The number of carbonyl (C=O) groups excluding carboxylic acids is 1. The fourth-order valence-corrected chi connectivity index (χ4v) is 1.66. The van der Waals surface area contributed by atoms with Gasteiger partial charge < -0.3 is 19.5 Å². The van der Waals surface area contributed by atoms with Crippen LogP contribution in [0.25, 0.3) is 0 Å². The van der Waals surface area contributed by atoms with Gasteiger partial charge in [-0.3, -0.25) is 9.36 Å². The Bertz CT molecular complexity index is 277. The quantitative estimate of drug-likeness (QED) is 0.649. The molecular weight excluding hydrogens is 233 g/mol. The van der Waals surface area contributed by atoms with Gasteiger partial charge >= 0.3 is 7.60 Å². The summed E-state index contributed by atoms with van der Waals surface area (Å²) in [5.41, 5.74) is -0.519. The van der Waals surface area contributed by atoms with Crippen molar-refractivity contribution in [2.45, 2.75) is 13.8 Å². The zero-order valence-electron chi connectivity index (χ0n) is 10.1. The van der Waals surface area contributed by atoms with Crippen LogP contribution < -0.4 is 5.32 Å². The molecule has 0 fully saturated rings. The lowest BCUT2D eigenvalue weighted by Crippen LogP contribution is -2.40. The minimum absolute atomic E-state index is 0.0470. The molecule has 0 aromatic rings. The molecule has 0 rings (SSSR count). The second-order valence-corrected chi connectivity index (χ2v) is 6.09. The predicted octanol–water partition coefficient (Wildman–Crippen LogP) is 0.607. The molecule has 0 heterocycles. The van der Waals surface area contributed by atoms with Gasteiger partial charge in [0.15, 0.2) is 0 Å². The maximum atomic E-state index is 11.0. The Morgan fingerprint density at radius 3 is 2.44 bits per heavy atom. The Hall–Kier alpha value is -0.420. The summed E-state index contributed by atoms with van der Waals surface area (Å²) < 4.78 is 20.9. The molecule has 7 heteroatoms. The lowest BCUT2D eigenvalue weighted by Gasteiger charge is -2.28. The lowest BCUT2D eigenvalue weighted by molar-refractivity contribution is -0.119. The largest absolute Gasteiger partial charge is 0.384 e. The molecule has 0 aliphatic heterocycles. The standard InChI is InChI=1S/C9H20NO5P/c1-8(11)10-5-9(2,6-14-3)7-15-16(4,12)13/h5-7H2,1-4H3,(H,10,11)(H,12,13). The van der Waals surface area contributed by atoms with Gasteiger partial charge in [0.1, 0.15) is 0 Å². The Labute approximate surface area is 95.9 Å². The molecule has 0 radical (unpaired) electrons. The molecule has 2 N–H and O–H groups in total. The molecule has 0 spiro atoms. The Kier molecular flexibility index (Phi) is 6.18. The van der Waals surface area contributed by atoms with Crippen molar-refractivity contribution in [2.24, 2.45) is 5.41 Å². The SMILES string of the molecule is COCC(C)(CNC(C)=O)CO[P@](C)(=O)O. The van der Waals surface area contributed by atoms with E-state index in [2.05, 4.69) is 5.32 Å². The topological polar surface area (TPSA) is 84.9 Å². The molecule has 1 amide bonds. The number of amides is 1. The van der Waals surface area contributed by atoms with Crippen LogP contribution in [0, 0.1) is 5.41 Å². The smallest absolute Gasteiger partial charge is 0.325 e.